The van der Waals surface area contributed by atoms with Crippen LogP contribution in [-0.4, -0.2) is 69.0 Å². The van der Waals surface area contributed by atoms with Crippen molar-refractivity contribution in [1.29, 1.82) is 0 Å². The summed E-state index contributed by atoms with van der Waals surface area (Å²) in [6, 6.07) is 22.3. The maximum absolute atomic E-state index is 9.94. The molecule has 8 rings (SSSR count). The van der Waals surface area contributed by atoms with Crippen LogP contribution in [-0.2, 0) is 33.5 Å². The van der Waals surface area contributed by atoms with Crippen molar-refractivity contribution in [3.05, 3.63) is 102 Å². The quantitative estimate of drug-likeness (QED) is 0.197. The van der Waals surface area contributed by atoms with Gasteiger partial charge in [-0.3, -0.25) is 0 Å². The Bertz CT molecular complexity index is 1380. The van der Waals surface area contributed by atoms with Crippen LogP contribution < -0.4 is 16.0 Å². The van der Waals surface area contributed by atoms with Gasteiger partial charge in [0.1, 0.15) is 6.29 Å². The van der Waals surface area contributed by atoms with E-state index in [9.17, 15) is 4.79 Å². The van der Waals surface area contributed by atoms with E-state index in [0.717, 1.165) is 81.3 Å². The van der Waals surface area contributed by atoms with Crippen LogP contribution in [0, 0.1) is 0 Å². The van der Waals surface area contributed by atoms with Gasteiger partial charge in [0.2, 0.25) is 0 Å². The molecule has 266 valence electrons. The van der Waals surface area contributed by atoms with Gasteiger partial charge in [0.15, 0.2) is 0 Å². The van der Waals surface area contributed by atoms with Crippen LogP contribution in [0.25, 0.3) is 0 Å². The number of hydrogen-bond donors (Lipinski definition) is 4. The summed E-state index contributed by atoms with van der Waals surface area (Å²) in [6.07, 6.45) is 11.5. The number of rotatable bonds is 5. The largest absolute Gasteiger partial charge is 0.396 e. The van der Waals surface area contributed by atoms with Crippen molar-refractivity contribution < 1.29 is 19.4 Å². The number of ether oxygens (including phenoxy) is 2. The molecule has 5 aliphatic heterocycles. The van der Waals surface area contributed by atoms with Crippen LogP contribution >= 0.6 is 47.8 Å². The molecule has 5 aliphatic rings. The van der Waals surface area contributed by atoms with Gasteiger partial charge in [-0.2, -0.15) is 0 Å². The molecule has 3 saturated heterocycles. The number of aliphatic hydroxyl groups excluding tert-OH is 1. The lowest BCUT2D eigenvalue weighted by molar-refractivity contribution is -0.109. The maximum Gasteiger partial charge on any atom is 0.136 e. The Morgan fingerprint density at radius 1 is 0.694 bits per heavy atom. The van der Waals surface area contributed by atoms with Crippen LogP contribution in [0.3, 0.4) is 0 Å². The molecule has 4 N–H and O–H groups in total. The van der Waals surface area contributed by atoms with E-state index >= 15 is 0 Å². The highest BCUT2D eigenvalue weighted by Gasteiger charge is 2.31. The highest BCUT2D eigenvalue weighted by atomic mass is 79.9. The Labute approximate surface area is 317 Å². The minimum atomic E-state index is 0.167. The number of fused-ring (bicyclic) bond motifs is 2. The third kappa shape index (κ3) is 11.8. The molecule has 5 atom stereocenters. The van der Waals surface area contributed by atoms with Gasteiger partial charge in [0.25, 0.3) is 0 Å². The molecular weight excluding hydrogens is 814 g/mol. The van der Waals surface area contributed by atoms with E-state index in [-0.39, 0.29) is 24.9 Å². The zero-order valence-corrected chi connectivity index (χ0v) is 32.9. The van der Waals surface area contributed by atoms with Crippen molar-refractivity contribution in [3.8, 4) is 0 Å². The van der Waals surface area contributed by atoms with E-state index in [1.54, 1.807) is 0 Å². The van der Waals surface area contributed by atoms with Crippen LogP contribution in [0.1, 0.15) is 78.6 Å². The molecule has 3 fully saturated rings. The van der Waals surface area contributed by atoms with E-state index in [4.69, 9.17) is 14.6 Å². The molecule has 0 saturated carbocycles. The van der Waals surface area contributed by atoms with Crippen molar-refractivity contribution in [3.63, 3.8) is 0 Å². The molecule has 0 spiro atoms. The molecule has 0 unspecified atom stereocenters. The first-order valence-corrected chi connectivity index (χ1v) is 20.1. The normalized spacial score (nSPS) is 25.3. The monoisotopic (exact) mass is 861 g/mol. The van der Waals surface area contributed by atoms with E-state index < -0.39 is 0 Å². The van der Waals surface area contributed by atoms with E-state index in [2.05, 4.69) is 100 Å². The molecule has 49 heavy (non-hydrogen) atoms. The third-order valence-corrected chi connectivity index (χ3v) is 11.1. The van der Waals surface area contributed by atoms with Crippen LogP contribution in [0.4, 0.5) is 0 Å². The average Bonchev–Trinajstić information content (AvgIpc) is 3.94. The summed E-state index contributed by atoms with van der Waals surface area (Å²) in [7, 11) is 0. The van der Waals surface area contributed by atoms with E-state index in [0.29, 0.717) is 12.1 Å². The highest BCUT2D eigenvalue weighted by molar-refractivity contribution is 9.11. The molecule has 0 aromatic heterocycles. The van der Waals surface area contributed by atoms with Gasteiger partial charge >= 0.3 is 0 Å². The molecule has 7 nitrogen and oxygen atoms in total. The molecule has 3 aromatic rings. The summed E-state index contributed by atoms with van der Waals surface area (Å²) in [5.41, 5.74) is 6.82. The maximum atomic E-state index is 9.94. The smallest absolute Gasteiger partial charge is 0.136 e. The molecule has 0 aliphatic carbocycles. The number of hydrogen-bond acceptors (Lipinski definition) is 7. The average molecular weight is 865 g/mol. The zero-order chi connectivity index (χ0) is 34.4. The lowest BCUT2D eigenvalue weighted by Crippen LogP contribution is -2.33. The Morgan fingerprint density at radius 3 is 1.65 bits per heavy atom. The van der Waals surface area contributed by atoms with Gasteiger partial charge in [0.05, 0.1) is 31.5 Å². The topological polar surface area (TPSA) is 91.8 Å². The van der Waals surface area contributed by atoms with Gasteiger partial charge in [-0.1, -0.05) is 72.1 Å². The zero-order valence-electron chi connectivity index (χ0n) is 28.2. The number of aliphatic hydroxyl groups is 1. The van der Waals surface area contributed by atoms with Crippen molar-refractivity contribution in [1.82, 2.24) is 16.0 Å². The van der Waals surface area contributed by atoms with Crippen LogP contribution in [0.15, 0.2) is 74.1 Å². The third-order valence-electron chi connectivity index (χ3n) is 9.64. The number of halogens is 3. The standard InChI is InChI=1S/2C13H16BrNO.C8H9BrO.C5H9NO/c2*14-10-3-4-11-9(8-10)5-7-16-13(11)12-2-1-6-15-12;9-8-3-1-2-7(6-8)4-5-10;7-4-5-2-1-3-6-5/h2*3-4,8,12-13,15H,1-2,5-7H2;1-3,6,10H,4-5H2;4-6H,1-3H2/t12-,13+;12-,13-;;5-/m00.0/s1. The summed E-state index contributed by atoms with van der Waals surface area (Å²) in [4.78, 5) is 9.94. The molecule has 10 heteroatoms. The summed E-state index contributed by atoms with van der Waals surface area (Å²) in [5.74, 6) is 0. The minimum absolute atomic E-state index is 0.167. The summed E-state index contributed by atoms with van der Waals surface area (Å²) < 4.78 is 15.3. The number of aldehydes is 1. The first-order valence-electron chi connectivity index (χ1n) is 17.8. The Hall–Kier alpha value is -1.47. The van der Waals surface area contributed by atoms with Gasteiger partial charge in [-0.05, 0) is 142 Å². The Balaban J connectivity index is 0.000000134. The molecule has 0 amide bonds. The van der Waals surface area contributed by atoms with E-state index in [1.165, 1.54) is 56.9 Å². The molecule has 3 aromatic carbocycles. The van der Waals surface area contributed by atoms with Crippen molar-refractivity contribution in [2.75, 3.05) is 39.5 Å². The summed E-state index contributed by atoms with van der Waals surface area (Å²) in [5, 5.41) is 18.7. The van der Waals surface area contributed by atoms with Gasteiger partial charge in [-0.25, -0.2) is 0 Å². The van der Waals surface area contributed by atoms with Crippen molar-refractivity contribution in [2.24, 2.45) is 0 Å². The Kier molecular flexibility index (Phi) is 16.2. The number of nitrogens with one attached hydrogen (secondary N) is 3. The highest BCUT2D eigenvalue weighted by Crippen LogP contribution is 2.35. The van der Waals surface area contributed by atoms with Gasteiger partial charge in [-0.15, -0.1) is 0 Å². The Morgan fingerprint density at radius 2 is 1.22 bits per heavy atom. The van der Waals surface area contributed by atoms with Gasteiger partial charge in [0, 0.05) is 32.1 Å². The molecule has 0 radical (unpaired) electrons. The van der Waals surface area contributed by atoms with E-state index in [1.807, 2.05) is 24.3 Å². The number of benzene rings is 3. The summed E-state index contributed by atoms with van der Waals surface area (Å²) >= 11 is 10.4. The molecular formula is C39H50Br3N3O4. The predicted molar refractivity (Wildman–Crippen MR) is 207 cm³/mol. The number of carbonyl (C=O) groups is 1. The first-order chi connectivity index (χ1) is 23.9. The fourth-order valence-corrected chi connectivity index (χ4v) is 8.43. The second kappa shape index (κ2) is 20.5. The molecule has 5 heterocycles. The second-order valence-electron chi connectivity index (χ2n) is 13.1. The molecule has 0 bridgehead atoms. The SMILES string of the molecule is Brc1ccc2c(c1)CCO[C@@H]2[C@@H]1CCCN1.Brc1ccc2c(c1)CCO[C@H]2[C@@H]1CCCN1.O=C[C@@H]1CCCN1.OCCc1cccc(Br)c1. The lowest BCUT2D eigenvalue weighted by Gasteiger charge is -2.30. The van der Waals surface area contributed by atoms with Crippen molar-refractivity contribution >= 4 is 54.1 Å². The lowest BCUT2D eigenvalue weighted by atomic mass is 9.92. The van der Waals surface area contributed by atoms with Crippen LogP contribution in [0.2, 0.25) is 0 Å². The summed E-state index contributed by atoms with van der Waals surface area (Å²) in [6.45, 7) is 5.21. The predicted octanol–water partition coefficient (Wildman–Crippen LogP) is 7.55. The fraction of sp³-hybridized carbons (Fsp3) is 0.513. The van der Waals surface area contributed by atoms with Crippen molar-refractivity contribution in [2.45, 2.75) is 88.1 Å². The fourth-order valence-electron chi connectivity index (χ4n) is 7.16. The van der Waals surface area contributed by atoms with Crippen LogP contribution in [0.5, 0.6) is 0 Å². The number of carbonyl (C=O) groups excluding carboxylic acids is 1. The minimum Gasteiger partial charge on any atom is -0.396 e. The second-order valence-corrected chi connectivity index (χ2v) is 15.9. The first kappa shape index (κ1) is 38.8. The van der Waals surface area contributed by atoms with Gasteiger partial charge < -0.3 is 35.3 Å².